The molecule has 0 bridgehead atoms. The summed E-state index contributed by atoms with van der Waals surface area (Å²) in [6.07, 6.45) is 3.90. The highest BCUT2D eigenvalue weighted by atomic mass is 16.4. The van der Waals surface area contributed by atoms with Gasteiger partial charge in [0.25, 0.3) is 0 Å². The largest absolute Gasteiger partial charge is 0.481 e. The number of nitrogens with zero attached hydrogens (tertiary/aromatic N) is 1. The van der Waals surface area contributed by atoms with Crippen LogP contribution < -0.4 is 5.73 Å². The number of likely N-dealkylation sites (tertiary alicyclic amines) is 1. The van der Waals surface area contributed by atoms with Gasteiger partial charge in [-0.1, -0.05) is 19.8 Å². The molecule has 2 rings (SSSR count). The number of carbonyl (C=O) groups excluding carboxylic acids is 1. The van der Waals surface area contributed by atoms with Crippen LogP contribution in [0.15, 0.2) is 0 Å². The minimum Gasteiger partial charge on any atom is -0.481 e. The van der Waals surface area contributed by atoms with Gasteiger partial charge in [0.15, 0.2) is 0 Å². The van der Waals surface area contributed by atoms with E-state index < -0.39 is 11.9 Å². The van der Waals surface area contributed by atoms with Crippen LogP contribution in [0.4, 0.5) is 0 Å². The Bertz CT molecular complexity index is 345. The van der Waals surface area contributed by atoms with Gasteiger partial charge in [-0.25, -0.2) is 0 Å². The van der Waals surface area contributed by atoms with Gasteiger partial charge in [0.2, 0.25) is 5.91 Å². The van der Waals surface area contributed by atoms with Crippen molar-refractivity contribution < 1.29 is 14.7 Å². The summed E-state index contributed by atoms with van der Waals surface area (Å²) in [5, 5.41) is 9.08. The second kappa shape index (κ2) is 5.26. The topological polar surface area (TPSA) is 83.6 Å². The van der Waals surface area contributed by atoms with E-state index in [0.29, 0.717) is 13.1 Å². The van der Waals surface area contributed by atoms with Gasteiger partial charge in [-0.3, -0.25) is 9.59 Å². The number of hydrogen-bond acceptors (Lipinski definition) is 3. The van der Waals surface area contributed by atoms with Crippen molar-refractivity contribution in [1.29, 1.82) is 0 Å². The number of carboxylic acids is 1. The Morgan fingerprint density at radius 1 is 1.17 bits per heavy atom. The Labute approximate surface area is 107 Å². The number of amides is 1. The average molecular weight is 254 g/mol. The zero-order valence-electron chi connectivity index (χ0n) is 10.8. The van der Waals surface area contributed by atoms with Crippen LogP contribution in [-0.4, -0.2) is 41.0 Å². The molecular formula is C13H22N2O3. The average Bonchev–Trinajstić information content (AvgIpc) is 2.71. The van der Waals surface area contributed by atoms with Crippen LogP contribution >= 0.6 is 0 Å². The molecule has 4 atom stereocenters. The predicted octanol–water partition coefficient (Wildman–Crippen LogP) is 0.683. The molecule has 2 fully saturated rings. The molecule has 1 saturated carbocycles. The fourth-order valence-corrected chi connectivity index (χ4v) is 3.17. The summed E-state index contributed by atoms with van der Waals surface area (Å²) in [6, 6.07) is -0.0505. The van der Waals surface area contributed by atoms with Crippen LogP contribution in [-0.2, 0) is 9.59 Å². The highest BCUT2D eigenvalue weighted by molar-refractivity contribution is 5.81. The van der Waals surface area contributed by atoms with E-state index in [1.165, 1.54) is 0 Å². The summed E-state index contributed by atoms with van der Waals surface area (Å²) >= 11 is 0. The second-order valence-corrected chi connectivity index (χ2v) is 5.72. The number of carbonyl (C=O) groups is 2. The van der Waals surface area contributed by atoms with Gasteiger partial charge in [-0.2, -0.15) is 0 Å². The third-order valence-electron chi connectivity index (χ3n) is 4.38. The van der Waals surface area contributed by atoms with Gasteiger partial charge >= 0.3 is 5.97 Å². The van der Waals surface area contributed by atoms with Crippen molar-refractivity contribution >= 4 is 11.9 Å². The molecule has 0 radical (unpaired) electrons. The molecule has 2 aliphatic rings. The van der Waals surface area contributed by atoms with Gasteiger partial charge in [-0.15, -0.1) is 0 Å². The number of rotatable bonds is 2. The highest BCUT2D eigenvalue weighted by Gasteiger charge is 2.40. The molecule has 1 aliphatic heterocycles. The molecule has 102 valence electrons. The van der Waals surface area contributed by atoms with Crippen LogP contribution in [0.5, 0.6) is 0 Å². The molecule has 0 aromatic rings. The highest BCUT2D eigenvalue weighted by Crippen LogP contribution is 2.29. The normalized spacial score (nSPS) is 36.7. The van der Waals surface area contributed by atoms with Crippen molar-refractivity contribution in [1.82, 2.24) is 4.90 Å². The first-order valence-corrected chi connectivity index (χ1v) is 6.78. The van der Waals surface area contributed by atoms with Crippen LogP contribution in [0.25, 0.3) is 0 Å². The molecular weight excluding hydrogens is 232 g/mol. The van der Waals surface area contributed by atoms with E-state index in [1.54, 1.807) is 4.90 Å². The zero-order chi connectivity index (χ0) is 13.3. The van der Waals surface area contributed by atoms with Crippen molar-refractivity contribution in [3.8, 4) is 0 Å². The molecule has 5 heteroatoms. The minimum absolute atomic E-state index is 0.0336. The maximum atomic E-state index is 12.4. The lowest BCUT2D eigenvalue weighted by atomic mass is 9.84. The first-order chi connectivity index (χ1) is 8.50. The quantitative estimate of drug-likeness (QED) is 0.759. The van der Waals surface area contributed by atoms with Crippen LogP contribution in [0.3, 0.4) is 0 Å². The molecule has 1 amide bonds. The van der Waals surface area contributed by atoms with Crippen LogP contribution in [0.2, 0.25) is 0 Å². The van der Waals surface area contributed by atoms with E-state index in [1.807, 2.05) is 6.92 Å². The molecule has 18 heavy (non-hydrogen) atoms. The Kier molecular flexibility index (Phi) is 3.90. The molecule has 0 spiro atoms. The summed E-state index contributed by atoms with van der Waals surface area (Å²) < 4.78 is 0. The number of aliphatic carboxylic acids is 1. The van der Waals surface area contributed by atoms with E-state index in [0.717, 1.165) is 25.7 Å². The van der Waals surface area contributed by atoms with Crippen molar-refractivity contribution in [2.45, 2.75) is 38.6 Å². The summed E-state index contributed by atoms with van der Waals surface area (Å²) in [7, 11) is 0. The third kappa shape index (κ3) is 2.51. The number of nitrogens with two attached hydrogens (primary N) is 1. The maximum absolute atomic E-state index is 12.4. The summed E-state index contributed by atoms with van der Waals surface area (Å²) in [4.78, 5) is 25.1. The summed E-state index contributed by atoms with van der Waals surface area (Å²) in [5.41, 5.74) is 6.01. The van der Waals surface area contributed by atoms with Crippen molar-refractivity contribution in [2.75, 3.05) is 13.1 Å². The smallest absolute Gasteiger partial charge is 0.308 e. The minimum atomic E-state index is -0.800. The van der Waals surface area contributed by atoms with Crippen molar-refractivity contribution in [3.05, 3.63) is 0 Å². The Balaban J connectivity index is 2.00. The van der Waals surface area contributed by atoms with Crippen LogP contribution in [0.1, 0.15) is 32.6 Å². The van der Waals surface area contributed by atoms with Crippen LogP contribution in [0, 0.1) is 17.8 Å². The molecule has 0 aromatic carbocycles. The summed E-state index contributed by atoms with van der Waals surface area (Å²) in [6.45, 7) is 2.80. The Hall–Kier alpha value is -1.10. The van der Waals surface area contributed by atoms with E-state index in [4.69, 9.17) is 10.8 Å². The fourth-order valence-electron chi connectivity index (χ4n) is 3.17. The zero-order valence-corrected chi connectivity index (χ0v) is 10.8. The van der Waals surface area contributed by atoms with E-state index in [-0.39, 0.29) is 23.8 Å². The molecule has 1 heterocycles. The van der Waals surface area contributed by atoms with E-state index in [9.17, 15) is 9.59 Å². The molecule has 1 aliphatic carbocycles. The first-order valence-electron chi connectivity index (χ1n) is 6.78. The Morgan fingerprint density at radius 3 is 2.39 bits per heavy atom. The molecule has 5 nitrogen and oxygen atoms in total. The Morgan fingerprint density at radius 2 is 1.83 bits per heavy atom. The van der Waals surface area contributed by atoms with Crippen molar-refractivity contribution in [2.24, 2.45) is 23.5 Å². The standard InChI is InChI=1S/C13H22N2O3/c1-8-6-15(7-10(8)13(17)18)12(16)9-4-2-3-5-11(9)14/h8-11H,2-7,14H2,1H3,(H,17,18)/t8-,9?,10-,11?/m1/s1. The lowest BCUT2D eigenvalue weighted by Crippen LogP contribution is -2.45. The fraction of sp³-hybridized carbons (Fsp3) is 0.846. The predicted molar refractivity (Wildman–Crippen MR) is 66.8 cm³/mol. The lowest BCUT2D eigenvalue weighted by molar-refractivity contribution is -0.142. The molecule has 2 unspecified atom stereocenters. The van der Waals surface area contributed by atoms with Gasteiger partial charge in [-0.05, 0) is 18.8 Å². The van der Waals surface area contributed by atoms with E-state index >= 15 is 0 Å². The van der Waals surface area contributed by atoms with Crippen molar-refractivity contribution in [3.63, 3.8) is 0 Å². The first kappa shape index (κ1) is 13.3. The lowest BCUT2D eigenvalue weighted by Gasteiger charge is -2.31. The van der Waals surface area contributed by atoms with E-state index in [2.05, 4.69) is 0 Å². The molecule has 0 aromatic heterocycles. The summed E-state index contributed by atoms with van der Waals surface area (Å²) in [5.74, 6) is -1.22. The second-order valence-electron chi connectivity index (χ2n) is 5.72. The van der Waals surface area contributed by atoms with Gasteiger partial charge in [0.05, 0.1) is 11.8 Å². The monoisotopic (exact) mass is 254 g/mol. The van der Waals surface area contributed by atoms with Gasteiger partial charge in [0, 0.05) is 19.1 Å². The molecule has 3 N–H and O–H groups in total. The molecule has 1 saturated heterocycles. The third-order valence-corrected chi connectivity index (χ3v) is 4.38. The van der Waals surface area contributed by atoms with Gasteiger partial charge in [0.1, 0.15) is 0 Å². The maximum Gasteiger partial charge on any atom is 0.308 e. The number of carboxylic acid groups (broad SMARTS) is 1. The SMILES string of the molecule is C[C@@H]1CN(C(=O)C2CCCCC2N)C[C@H]1C(=O)O. The van der Waals surface area contributed by atoms with Gasteiger partial charge < -0.3 is 15.7 Å². The number of hydrogen-bond donors (Lipinski definition) is 2.